The van der Waals surface area contributed by atoms with E-state index in [1.807, 2.05) is 6.92 Å². The third kappa shape index (κ3) is 2.25. The zero-order valence-corrected chi connectivity index (χ0v) is 8.41. The minimum absolute atomic E-state index is 0.176. The molecule has 0 spiro atoms. The molecule has 3 heteroatoms. The molecule has 0 amide bonds. The molecule has 0 aliphatic heterocycles. The number of phenols is 1. The van der Waals surface area contributed by atoms with Crippen molar-refractivity contribution in [2.24, 2.45) is 0 Å². The average Bonchev–Trinajstić information content (AvgIpc) is 2.17. The summed E-state index contributed by atoms with van der Waals surface area (Å²) < 4.78 is 4.89. The van der Waals surface area contributed by atoms with Crippen LogP contribution in [0.25, 0.3) is 0 Å². The summed E-state index contributed by atoms with van der Waals surface area (Å²) in [4.78, 5) is 11.4. The van der Waals surface area contributed by atoms with Gasteiger partial charge in [-0.2, -0.15) is 0 Å². The maximum absolute atomic E-state index is 11.4. The van der Waals surface area contributed by atoms with Gasteiger partial charge in [-0.25, -0.2) is 4.79 Å². The molecule has 0 heterocycles. The minimum atomic E-state index is -0.329. The second kappa shape index (κ2) is 4.65. The van der Waals surface area contributed by atoms with E-state index in [4.69, 9.17) is 4.74 Å². The van der Waals surface area contributed by atoms with Gasteiger partial charge in [0.25, 0.3) is 0 Å². The number of carbonyl (C=O) groups is 1. The zero-order valence-electron chi connectivity index (χ0n) is 8.41. The van der Waals surface area contributed by atoms with E-state index in [1.165, 1.54) is 6.07 Å². The van der Waals surface area contributed by atoms with Gasteiger partial charge in [0.15, 0.2) is 0 Å². The number of aromatic hydroxyl groups is 1. The van der Waals surface area contributed by atoms with Crippen LogP contribution in [0.1, 0.15) is 29.8 Å². The van der Waals surface area contributed by atoms with Crippen molar-refractivity contribution in [3.63, 3.8) is 0 Å². The normalized spacial score (nSPS) is 9.86. The Morgan fingerprint density at radius 2 is 2.14 bits per heavy atom. The highest BCUT2D eigenvalue weighted by Crippen LogP contribution is 2.17. The number of esters is 1. The van der Waals surface area contributed by atoms with Gasteiger partial charge in [0.2, 0.25) is 0 Å². The molecule has 1 aromatic rings. The quantitative estimate of drug-likeness (QED) is 0.750. The monoisotopic (exact) mass is 194 g/mol. The Hall–Kier alpha value is -1.51. The van der Waals surface area contributed by atoms with Gasteiger partial charge in [-0.3, -0.25) is 0 Å². The molecule has 1 N–H and O–H groups in total. The molecule has 0 fully saturated rings. The minimum Gasteiger partial charge on any atom is -0.508 e. The summed E-state index contributed by atoms with van der Waals surface area (Å²) in [5.41, 5.74) is 1.34. The average molecular weight is 194 g/mol. The molecule has 1 rings (SSSR count). The maximum atomic E-state index is 11.4. The lowest BCUT2D eigenvalue weighted by Crippen LogP contribution is -2.07. The van der Waals surface area contributed by atoms with E-state index in [2.05, 4.69) is 0 Å². The van der Waals surface area contributed by atoms with Gasteiger partial charge >= 0.3 is 5.97 Å². The van der Waals surface area contributed by atoms with Crippen LogP contribution in [0.3, 0.4) is 0 Å². The molecule has 0 aromatic heterocycles. The summed E-state index contributed by atoms with van der Waals surface area (Å²) in [6.45, 7) is 4.06. The summed E-state index contributed by atoms with van der Waals surface area (Å²) in [7, 11) is 0. The van der Waals surface area contributed by atoms with Crippen molar-refractivity contribution in [1.29, 1.82) is 0 Å². The second-order valence-electron chi connectivity index (χ2n) is 2.92. The van der Waals surface area contributed by atoms with Gasteiger partial charge < -0.3 is 9.84 Å². The number of hydrogen-bond acceptors (Lipinski definition) is 3. The van der Waals surface area contributed by atoms with Gasteiger partial charge in [-0.05, 0) is 37.1 Å². The van der Waals surface area contributed by atoms with Gasteiger partial charge in [0.1, 0.15) is 5.75 Å². The van der Waals surface area contributed by atoms with Gasteiger partial charge in [-0.15, -0.1) is 0 Å². The van der Waals surface area contributed by atoms with Crippen molar-refractivity contribution >= 4 is 5.97 Å². The summed E-state index contributed by atoms with van der Waals surface area (Å²) >= 11 is 0. The number of rotatable bonds is 3. The summed E-state index contributed by atoms with van der Waals surface area (Å²) in [6.07, 6.45) is 0.697. The van der Waals surface area contributed by atoms with E-state index in [0.717, 1.165) is 5.56 Å². The molecule has 14 heavy (non-hydrogen) atoms. The van der Waals surface area contributed by atoms with E-state index in [9.17, 15) is 9.90 Å². The largest absolute Gasteiger partial charge is 0.508 e. The first-order chi connectivity index (χ1) is 6.69. The SMILES string of the molecule is CCOC(=O)c1ccc(O)cc1CC. The smallest absolute Gasteiger partial charge is 0.338 e. The number of phenolic OH excluding ortho intramolecular Hbond substituents is 1. The Kier molecular flexibility index (Phi) is 3.51. The van der Waals surface area contributed by atoms with Crippen LogP contribution in [0.15, 0.2) is 18.2 Å². The number of aryl methyl sites for hydroxylation is 1. The van der Waals surface area contributed by atoms with Crippen LogP contribution in [-0.4, -0.2) is 17.7 Å². The van der Waals surface area contributed by atoms with Gasteiger partial charge in [0.05, 0.1) is 12.2 Å². The highest BCUT2D eigenvalue weighted by Gasteiger charge is 2.11. The fraction of sp³-hybridized carbons (Fsp3) is 0.364. The fourth-order valence-electron chi connectivity index (χ4n) is 1.28. The molecule has 0 saturated heterocycles. The lowest BCUT2D eigenvalue weighted by Gasteiger charge is -2.07. The molecule has 0 aliphatic rings. The maximum Gasteiger partial charge on any atom is 0.338 e. The summed E-state index contributed by atoms with van der Waals surface area (Å²) in [5, 5.41) is 9.23. The number of hydrogen-bond donors (Lipinski definition) is 1. The van der Waals surface area contributed by atoms with Crippen LogP contribution < -0.4 is 0 Å². The molecular formula is C11H14O3. The number of ether oxygens (including phenoxy) is 1. The Morgan fingerprint density at radius 1 is 1.43 bits per heavy atom. The van der Waals surface area contributed by atoms with Gasteiger partial charge in [-0.1, -0.05) is 6.92 Å². The highest BCUT2D eigenvalue weighted by molar-refractivity contribution is 5.91. The van der Waals surface area contributed by atoms with Crippen LogP contribution in [-0.2, 0) is 11.2 Å². The topological polar surface area (TPSA) is 46.5 Å². The van der Waals surface area contributed by atoms with Crippen LogP contribution in [0, 0.1) is 0 Å². The van der Waals surface area contributed by atoms with Gasteiger partial charge in [0, 0.05) is 0 Å². The Morgan fingerprint density at radius 3 is 2.71 bits per heavy atom. The van der Waals surface area contributed by atoms with Crippen LogP contribution in [0.2, 0.25) is 0 Å². The van der Waals surface area contributed by atoms with E-state index in [0.29, 0.717) is 18.6 Å². The lowest BCUT2D eigenvalue weighted by molar-refractivity contribution is 0.0525. The molecular weight excluding hydrogens is 180 g/mol. The van der Waals surface area contributed by atoms with E-state index < -0.39 is 0 Å². The molecule has 3 nitrogen and oxygen atoms in total. The molecule has 0 bridgehead atoms. The Labute approximate surface area is 83.3 Å². The lowest BCUT2D eigenvalue weighted by atomic mass is 10.1. The second-order valence-corrected chi connectivity index (χ2v) is 2.92. The molecule has 0 unspecified atom stereocenters. The zero-order chi connectivity index (χ0) is 10.6. The first kappa shape index (κ1) is 10.6. The van der Waals surface area contributed by atoms with Crippen molar-refractivity contribution in [1.82, 2.24) is 0 Å². The Bertz CT molecular complexity index is 331. The standard InChI is InChI=1S/C11H14O3/c1-3-8-7-9(12)5-6-10(8)11(13)14-4-2/h5-7,12H,3-4H2,1-2H3. The van der Waals surface area contributed by atoms with E-state index in [1.54, 1.807) is 19.1 Å². The van der Waals surface area contributed by atoms with Crippen molar-refractivity contribution in [3.05, 3.63) is 29.3 Å². The number of benzene rings is 1. The Balaban J connectivity index is 3.01. The third-order valence-electron chi connectivity index (χ3n) is 1.97. The molecule has 1 aromatic carbocycles. The van der Waals surface area contributed by atoms with E-state index >= 15 is 0 Å². The molecule has 0 saturated carbocycles. The van der Waals surface area contributed by atoms with Crippen LogP contribution in [0.5, 0.6) is 5.75 Å². The summed E-state index contributed by atoms with van der Waals surface area (Å²) in [5.74, 6) is -0.153. The highest BCUT2D eigenvalue weighted by atomic mass is 16.5. The van der Waals surface area contributed by atoms with Crippen LogP contribution in [0.4, 0.5) is 0 Å². The van der Waals surface area contributed by atoms with Crippen molar-refractivity contribution in [3.8, 4) is 5.75 Å². The molecule has 0 atom stereocenters. The van der Waals surface area contributed by atoms with E-state index in [-0.39, 0.29) is 11.7 Å². The van der Waals surface area contributed by atoms with Crippen molar-refractivity contribution in [2.75, 3.05) is 6.61 Å². The predicted octanol–water partition coefficient (Wildman–Crippen LogP) is 2.13. The first-order valence-electron chi connectivity index (χ1n) is 4.68. The molecule has 0 radical (unpaired) electrons. The predicted molar refractivity (Wildman–Crippen MR) is 53.4 cm³/mol. The number of carbonyl (C=O) groups excluding carboxylic acids is 1. The summed E-state index contributed by atoms with van der Waals surface area (Å²) in [6, 6.07) is 4.67. The molecule has 76 valence electrons. The van der Waals surface area contributed by atoms with Crippen molar-refractivity contribution < 1.29 is 14.6 Å². The fourth-order valence-corrected chi connectivity index (χ4v) is 1.28. The van der Waals surface area contributed by atoms with Crippen molar-refractivity contribution in [2.45, 2.75) is 20.3 Å². The molecule has 0 aliphatic carbocycles. The third-order valence-corrected chi connectivity index (χ3v) is 1.97. The van der Waals surface area contributed by atoms with Crippen LogP contribution >= 0.6 is 0 Å². The first-order valence-corrected chi connectivity index (χ1v) is 4.68.